The molecule has 0 aliphatic heterocycles. The zero-order chi connectivity index (χ0) is 23.8. The summed E-state index contributed by atoms with van der Waals surface area (Å²) in [7, 11) is 0. The third-order valence-electron chi connectivity index (χ3n) is 4.89. The molecule has 3 rings (SSSR count). The second-order valence-corrected chi connectivity index (χ2v) is 7.36. The third-order valence-corrected chi connectivity index (χ3v) is 4.89. The molecule has 0 aliphatic carbocycles. The van der Waals surface area contributed by atoms with Gasteiger partial charge in [-0.1, -0.05) is 42.5 Å². The number of carbonyl (C=O) groups excluding carboxylic acids is 3. The molecule has 8 nitrogen and oxygen atoms in total. The molecule has 33 heavy (non-hydrogen) atoms. The van der Waals surface area contributed by atoms with Crippen LogP contribution in [0.3, 0.4) is 0 Å². The van der Waals surface area contributed by atoms with Crippen molar-refractivity contribution >= 4 is 29.2 Å². The molecule has 8 heteroatoms. The van der Waals surface area contributed by atoms with Gasteiger partial charge in [-0.3, -0.25) is 15.0 Å². The number of nitrogens with one attached hydrogen (secondary N) is 3. The molecule has 0 saturated heterocycles. The number of benzene rings is 3. The van der Waals surface area contributed by atoms with E-state index < -0.39 is 17.9 Å². The quantitative estimate of drug-likeness (QED) is 0.173. The van der Waals surface area contributed by atoms with E-state index >= 15 is 0 Å². The maximum atomic E-state index is 12.8. The normalized spacial score (nSPS) is 11.2. The van der Waals surface area contributed by atoms with Gasteiger partial charge in [0.1, 0.15) is 11.9 Å². The van der Waals surface area contributed by atoms with Gasteiger partial charge in [0, 0.05) is 23.1 Å². The Labute approximate surface area is 191 Å². The van der Waals surface area contributed by atoms with Gasteiger partial charge in [-0.25, -0.2) is 10.3 Å². The van der Waals surface area contributed by atoms with Crippen LogP contribution >= 0.6 is 0 Å². The first kappa shape index (κ1) is 23.2. The van der Waals surface area contributed by atoms with Crippen LogP contribution in [0.5, 0.6) is 0 Å². The van der Waals surface area contributed by atoms with Crippen molar-refractivity contribution in [2.75, 3.05) is 5.48 Å². The van der Waals surface area contributed by atoms with E-state index in [0.29, 0.717) is 22.4 Å². The van der Waals surface area contributed by atoms with Crippen LogP contribution in [0.15, 0.2) is 78.9 Å². The average Bonchev–Trinajstić information content (AvgIpc) is 2.83. The van der Waals surface area contributed by atoms with Gasteiger partial charge in [-0.15, -0.1) is 0 Å². The number of amides is 1. The van der Waals surface area contributed by atoms with Crippen LogP contribution in [0.25, 0.3) is 0 Å². The molecule has 0 unspecified atom stereocenters. The highest BCUT2D eigenvalue weighted by atomic mass is 16.7. The largest absolute Gasteiger partial charge is 0.384 e. The summed E-state index contributed by atoms with van der Waals surface area (Å²) in [6.07, 6.45) is 0.224. The summed E-state index contributed by atoms with van der Waals surface area (Å²) in [5.41, 5.74) is 10.7. The van der Waals surface area contributed by atoms with Gasteiger partial charge in [0.15, 0.2) is 5.78 Å². The summed E-state index contributed by atoms with van der Waals surface area (Å²) in [6, 6.07) is 20.9. The van der Waals surface area contributed by atoms with Crippen molar-refractivity contribution in [1.29, 1.82) is 5.41 Å². The van der Waals surface area contributed by atoms with E-state index in [1.807, 2.05) is 30.3 Å². The average molecular weight is 444 g/mol. The highest BCUT2D eigenvalue weighted by Crippen LogP contribution is 2.12. The zero-order valence-electron chi connectivity index (χ0n) is 18.0. The summed E-state index contributed by atoms with van der Waals surface area (Å²) in [4.78, 5) is 42.2. The summed E-state index contributed by atoms with van der Waals surface area (Å²) >= 11 is 0. The van der Waals surface area contributed by atoms with Crippen LogP contribution in [0.1, 0.15) is 38.8 Å². The second kappa shape index (κ2) is 10.7. The number of hydrogen-bond donors (Lipinski definition) is 4. The molecule has 1 amide bonds. The van der Waals surface area contributed by atoms with Crippen molar-refractivity contribution in [3.63, 3.8) is 0 Å². The molecule has 1 atom stereocenters. The fourth-order valence-electron chi connectivity index (χ4n) is 3.04. The molecule has 5 N–H and O–H groups in total. The topological polar surface area (TPSA) is 134 Å². The van der Waals surface area contributed by atoms with Crippen LogP contribution in [0.2, 0.25) is 0 Å². The van der Waals surface area contributed by atoms with Gasteiger partial charge < -0.3 is 15.9 Å². The number of nitrogens with two attached hydrogens (primary N) is 1. The van der Waals surface area contributed by atoms with E-state index in [9.17, 15) is 14.4 Å². The zero-order valence-corrected chi connectivity index (χ0v) is 18.0. The van der Waals surface area contributed by atoms with Crippen LogP contribution in [-0.4, -0.2) is 29.5 Å². The lowest BCUT2D eigenvalue weighted by molar-refractivity contribution is -0.142. The molecule has 3 aromatic rings. The second-order valence-electron chi connectivity index (χ2n) is 7.36. The van der Waals surface area contributed by atoms with E-state index in [4.69, 9.17) is 16.0 Å². The maximum Gasteiger partial charge on any atom is 0.354 e. The third kappa shape index (κ3) is 6.51. The van der Waals surface area contributed by atoms with Crippen molar-refractivity contribution in [2.45, 2.75) is 19.4 Å². The van der Waals surface area contributed by atoms with Crippen molar-refractivity contribution < 1.29 is 19.2 Å². The Hall–Kier alpha value is -4.46. The van der Waals surface area contributed by atoms with Gasteiger partial charge in [-0.2, -0.15) is 0 Å². The van der Waals surface area contributed by atoms with Crippen LogP contribution < -0.4 is 16.5 Å². The van der Waals surface area contributed by atoms with Crippen molar-refractivity contribution in [3.8, 4) is 0 Å². The van der Waals surface area contributed by atoms with Gasteiger partial charge >= 0.3 is 5.97 Å². The number of rotatable bonds is 9. The number of carbonyl (C=O) groups is 3. The van der Waals surface area contributed by atoms with Crippen LogP contribution in [0.4, 0.5) is 5.69 Å². The molecule has 0 aromatic heterocycles. The highest BCUT2D eigenvalue weighted by Gasteiger charge is 2.24. The standard InChI is InChI=1S/C25H24N4O4/c1-16(30)18-11-13-21(14-12-18)29-33-25(32)22(15-17-5-3-2-4-6-17)28-24(31)20-9-7-19(8-10-20)23(26)27/h2-14,22,29H,15H2,1H3,(H3,26,27)(H,28,31)/t22-/m0/s1. The first-order valence-corrected chi connectivity index (χ1v) is 10.2. The fourth-order valence-corrected chi connectivity index (χ4v) is 3.04. The summed E-state index contributed by atoms with van der Waals surface area (Å²) in [5, 5.41) is 10.2. The SMILES string of the molecule is CC(=O)c1ccc(NOC(=O)[C@H](Cc2ccccc2)NC(=O)c2ccc(C(=N)N)cc2)cc1. The number of Topliss-reactive ketones (excluding diaryl/α,β-unsaturated/α-hetero) is 1. The number of ketones is 1. The van der Waals surface area contributed by atoms with Gasteiger partial charge in [0.2, 0.25) is 0 Å². The molecule has 0 heterocycles. The molecule has 3 aromatic carbocycles. The Morgan fingerprint density at radius 1 is 0.879 bits per heavy atom. The van der Waals surface area contributed by atoms with E-state index in [0.717, 1.165) is 5.56 Å². The molecule has 0 radical (unpaired) electrons. The Morgan fingerprint density at radius 3 is 2.03 bits per heavy atom. The monoisotopic (exact) mass is 444 g/mol. The summed E-state index contributed by atoms with van der Waals surface area (Å²) in [5.74, 6) is -1.31. The minimum absolute atomic E-state index is 0.0690. The van der Waals surface area contributed by atoms with Crippen molar-refractivity contribution in [1.82, 2.24) is 5.32 Å². The van der Waals surface area contributed by atoms with E-state index in [1.54, 1.807) is 36.4 Å². The van der Waals surface area contributed by atoms with E-state index in [2.05, 4.69) is 10.8 Å². The smallest absolute Gasteiger partial charge is 0.354 e. The molecule has 0 spiro atoms. The molecule has 0 aliphatic rings. The Morgan fingerprint density at radius 2 is 1.45 bits per heavy atom. The molecule has 168 valence electrons. The minimum Gasteiger partial charge on any atom is -0.384 e. The number of anilines is 1. The molecular formula is C25H24N4O4. The fraction of sp³-hybridized carbons (Fsp3) is 0.120. The van der Waals surface area contributed by atoms with Gasteiger partial charge in [-0.05, 0) is 48.9 Å². The van der Waals surface area contributed by atoms with Crippen LogP contribution in [-0.2, 0) is 16.1 Å². The first-order valence-electron chi connectivity index (χ1n) is 10.2. The van der Waals surface area contributed by atoms with Crippen molar-refractivity contribution in [3.05, 3.63) is 101 Å². The summed E-state index contributed by atoms with van der Waals surface area (Å²) < 4.78 is 0. The summed E-state index contributed by atoms with van der Waals surface area (Å²) in [6.45, 7) is 1.47. The highest BCUT2D eigenvalue weighted by molar-refractivity contribution is 5.99. The predicted octanol–water partition coefficient (Wildman–Crippen LogP) is 3.08. The van der Waals surface area contributed by atoms with Gasteiger partial charge in [0.25, 0.3) is 5.91 Å². The predicted molar refractivity (Wildman–Crippen MR) is 125 cm³/mol. The van der Waals surface area contributed by atoms with E-state index in [1.165, 1.54) is 19.1 Å². The maximum absolute atomic E-state index is 12.8. The number of nitrogen functional groups attached to an aromatic ring is 1. The number of amidine groups is 1. The lowest BCUT2D eigenvalue weighted by Gasteiger charge is -2.18. The molecular weight excluding hydrogens is 420 g/mol. The molecule has 0 saturated carbocycles. The minimum atomic E-state index is -0.962. The number of hydrogen-bond acceptors (Lipinski definition) is 6. The Kier molecular flexibility index (Phi) is 7.54. The lowest BCUT2D eigenvalue weighted by atomic mass is 10.0. The van der Waals surface area contributed by atoms with Crippen molar-refractivity contribution in [2.24, 2.45) is 5.73 Å². The molecule has 0 fully saturated rings. The van der Waals surface area contributed by atoms with E-state index in [-0.39, 0.29) is 18.0 Å². The molecule has 0 bridgehead atoms. The van der Waals surface area contributed by atoms with Gasteiger partial charge in [0.05, 0.1) is 5.69 Å². The Balaban J connectivity index is 1.71. The Bertz CT molecular complexity index is 1140. The first-order chi connectivity index (χ1) is 15.8. The van der Waals surface area contributed by atoms with Crippen LogP contribution in [0, 0.1) is 5.41 Å². The lowest BCUT2D eigenvalue weighted by Crippen LogP contribution is -2.44.